The van der Waals surface area contributed by atoms with Gasteiger partial charge in [0.1, 0.15) is 11.4 Å². The summed E-state index contributed by atoms with van der Waals surface area (Å²) in [6.45, 7) is 0.849. The molecule has 154 valence electrons. The van der Waals surface area contributed by atoms with Gasteiger partial charge in [-0.1, -0.05) is 11.3 Å². The van der Waals surface area contributed by atoms with E-state index in [0.717, 1.165) is 28.0 Å². The molecule has 8 nitrogen and oxygen atoms in total. The van der Waals surface area contributed by atoms with Gasteiger partial charge in [-0.3, -0.25) is 9.59 Å². The Balaban J connectivity index is 1.43. The fourth-order valence-corrected chi connectivity index (χ4v) is 5.86. The zero-order chi connectivity index (χ0) is 20.8. The lowest BCUT2D eigenvalue weighted by Gasteiger charge is -2.15. The van der Waals surface area contributed by atoms with Crippen molar-refractivity contribution in [3.63, 3.8) is 0 Å². The van der Waals surface area contributed by atoms with Crippen molar-refractivity contribution >= 4 is 34.7 Å². The first kappa shape index (κ1) is 19.2. The lowest BCUT2D eigenvalue weighted by Crippen LogP contribution is -2.30. The SMILES string of the molecule is NC(=O)c1sc(Oc2ccc(C(=O)N3CC[C@H](O)C3)nc2)c2c1CCc1cnsc1-2. The number of pyridine rings is 1. The van der Waals surface area contributed by atoms with E-state index in [1.807, 2.05) is 6.20 Å². The van der Waals surface area contributed by atoms with Crippen LogP contribution in [0.2, 0.25) is 0 Å². The van der Waals surface area contributed by atoms with Crippen molar-refractivity contribution in [3.05, 3.63) is 46.2 Å². The maximum Gasteiger partial charge on any atom is 0.272 e. The highest BCUT2D eigenvalue weighted by molar-refractivity contribution is 7.17. The molecule has 30 heavy (non-hydrogen) atoms. The van der Waals surface area contributed by atoms with Gasteiger partial charge in [0.15, 0.2) is 5.06 Å². The molecule has 0 radical (unpaired) electrons. The van der Waals surface area contributed by atoms with Crippen molar-refractivity contribution in [2.75, 3.05) is 13.1 Å². The van der Waals surface area contributed by atoms with E-state index >= 15 is 0 Å². The number of thiophene rings is 1. The summed E-state index contributed by atoms with van der Waals surface area (Å²) in [5, 5.41) is 10.2. The van der Waals surface area contributed by atoms with Crippen LogP contribution in [0.3, 0.4) is 0 Å². The van der Waals surface area contributed by atoms with Crippen molar-refractivity contribution < 1.29 is 19.4 Å². The first-order chi connectivity index (χ1) is 14.5. The van der Waals surface area contributed by atoms with Gasteiger partial charge in [0, 0.05) is 19.3 Å². The topological polar surface area (TPSA) is 119 Å². The molecule has 0 spiro atoms. The molecule has 2 amide bonds. The summed E-state index contributed by atoms with van der Waals surface area (Å²) >= 11 is 2.60. The number of β-amino-alcohol motifs (C(OH)–C–C–N with tert-alkyl or cyclic N) is 1. The highest BCUT2D eigenvalue weighted by Gasteiger charge is 2.30. The lowest BCUT2D eigenvalue weighted by atomic mass is 9.93. The number of nitrogens with zero attached hydrogens (tertiary/aromatic N) is 3. The minimum Gasteiger partial charge on any atom is -0.444 e. The molecule has 1 fully saturated rings. The monoisotopic (exact) mass is 442 g/mol. The smallest absolute Gasteiger partial charge is 0.272 e. The first-order valence-electron chi connectivity index (χ1n) is 9.52. The van der Waals surface area contributed by atoms with E-state index in [4.69, 9.17) is 10.5 Å². The third-order valence-corrected chi connectivity index (χ3v) is 7.31. The number of aliphatic hydroxyl groups is 1. The number of amides is 2. The second-order valence-electron chi connectivity index (χ2n) is 7.29. The van der Waals surface area contributed by atoms with Gasteiger partial charge in [0.05, 0.1) is 27.6 Å². The molecule has 3 N–H and O–H groups in total. The van der Waals surface area contributed by atoms with Crippen molar-refractivity contribution in [3.8, 4) is 21.3 Å². The molecule has 1 aliphatic heterocycles. The Morgan fingerprint density at radius 2 is 2.13 bits per heavy atom. The van der Waals surface area contributed by atoms with Crippen LogP contribution >= 0.6 is 22.9 Å². The highest BCUT2D eigenvalue weighted by atomic mass is 32.1. The number of rotatable bonds is 4. The van der Waals surface area contributed by atoms with Crippen LogP contribution in [0.4, 0.5) is 0 Å². The summed E-state index contributed by atoms with van der Waals surface area (Å²) in [5.41, 5.74) is 8.82. The summed E-state index contributed by atoms with van der Waals surface area (Å²) in [6, 6.07) is 3.29. The maximum atomic E-state index is 12.5. The van der Waals surface area contributed by atoms with E-state index in [-0.39, 0.29) is 5.91 Å². The number of aliphatic hydroxyl groups excluding tert-OH is 1. The van der Waals surface area contributed by atoms with Crippen molar-refractivity contribution in [1.82, 2.24) is 14.3 Å². The predicted octanol–water partition coefficient (Wildman–Crippen LogP) is 2.46. The number of ether oxygens (including phenoxy) is 1. The molecule has 3 aromatic heterocycles. The van der Waals surface area contributed by atoms with Crippen LogP contribution in [-0.4, -0.2) is 50.4 Å². The number of carbonyl (C=O) groups excluding carboxylic acids is 2. The minimum absolute atomic E-state index is 0.211. The maximum absolute atomic E-state index is 12.5. The molecular weight excluding hydrogens is 424 g/mol. The van der Waals surface area contributed by atoms with Gasteiger partial charge >= 0.3 is 0 Å². The van der Waals surface area contributed by atoms with Crippen LogP contribution in [0.5, 0.6) is 10.8 Å². The molecule has 0 unspecified atom stereocenters. The summed E-state index contributed by atoms with van der Waals surface area (Å²) in [6.07, 6.45) is 4.98. The molecule has 4 heterocycles. The summed E-state index contributed by atoms with van der Waals surface area (Å²) in [5.74, 6) is -0.215. The Kier molecular flexibility index (Phi) is 4.76. The van der Waals surface area contributed by atoms with Gasteiger partial charge in [-0.15, -0.1) is 0 Å². The van der Waals surface area contributed by atoms with E-state index in [2.05, 4.69) is 9.36 Å². The van der Waals surface area contributed by atoms with Crippen LogP contribution in [0.15, 0.2) is 24.5 Å². The lowest BCUT2D eigenvalue weighted by molar-refractivity contribution is 0.0759. The zero-order valence-corrected chi connectivity index (χ0v) is 17.5. The van der Waals surface area contributed by atoms with Gasteiger partial charge in [-0.25, -0.2) is 9.36 Å². The predicted molar refractivity (Wildman–Crippen MR) is 112 cm³/mol. The molecule has 0 saturated carbocycles. The Hall–Kier alpha value is -2.82. The van der Waals surface area contributed by atoms with Gasteiger partial charge in [-0.2, -0.15) is 0 Å². The van der Waals surface area contributed by atoms with Gasteiger partial charge in [0.25, 0.3) is 11.8 Å². The number of likely N-dealkylation sites (tertiary alicyclic amines) is 1. The molecule has 10 heteroatoms. The molecule has 1 saturated heterocycles. The molecule has 2 aliphatic rings. The van der Waals surface area contributed by atoms with E-state index in [1.165, 1.54) is 29.1 Å². The number of carbonyl (C=O) groups is 2. The first-order valence-corrected chi connectivity index (χ1v) is 11.1. The molecule has 5 rings (SSSR count). The average molecular weight is 443 g/mol. The van der Waals surface area contributed by atoms with E-state index in [9.17, 15) is 14.7 Å². The van der Waals surface area contributed by atoms with E-state index < -0.39 is 12.0 Å². The molecular formula is C20H18N4O4S2. The van der Waals surface area contributed by atoms with Crippen molar-refractivity contribution in [2.24, 2.45) is 5.73 Å². The van der Waals surface area contributed by atoms with Gasteiger partial charge in [-0.05, 0) is 54.1 Å². The normalized spacial score (nSPS) is 17.5. The van der Waals surface area contributed by atoms with Crippen LogP contribution in [0.1, 0.15) is 37.7 Å². The second kappa shape index (κ2) is 7.46. The summed E-state index contributed by atoms with van der Waals surface area (Å²) in [7, 11) is 0. The summed E-state index contributed by atoms with van der Waals surface area (Å²) in [4.78, 5) is 31.8. The fraction of sp³-hybridized carbons (Fsp3) is 0.300. The Labute approximate surface area is 180 Å². The number of nitrogens with two attached hydrogens (primary N) is 1. The van der Waals surface area contributed by atoms with Crippen molar-refractivity contribution in [1.29, 1.82) is 0 Å². The molecule has 1 aliphatic carbocycles. The van der Waals surface area contributed by atoms with Gasteiger partial charge in [0.2, 0.25) is 0 Å². The molecule has 1 atom stereocenters. The minimum atomic E-state index is -0.474. The number of aryl methyl sites for hydroxylation is 1. The Morgan fingerprint density at radius 1 is 1.27 bits per heavy atom. The number of primary amides is 1. The third kappa shape index (κ3) is 3.26. The fourth-order valence-electron chi connectivity index (χ4n) is 3.85. The molecule has 0 bridgehead atoms. The third-order valence-electron chi connectivity index (χ3n) is 5.33. The number of aromatic nitrogens is 2. The zero-order valence-electron chi connectivity index (χ0n) is 15.8. The number of hydrogen-bond donors (Lipinski definition) is 2. The Morgan fingerprint density at radius 3 is 2.83 bits per heavy atom. The second-order valence-corrected chi connectivity index (χ2v) is 9.08. The van der Waals surface area contributed by atoms with Crippen LogP contribution in [0.25, 0.3) is 10.4 Å². The number of fused-ring (bicyclic) bond motifs is 3. The van der Waals surface area contributed by atoms with E-state index in [0.29, 0.717) is 47.3 Å². The van der Waals surface area contributed by atoms with Crippen LogP contribution in [-0.2, 0) is 12.8 Å². The number of hydrogen-bond acceptors (Lipinski definition) is 8. The molecule has 3 aromatic rings. The van der Waals surface area contributed by atoms with E-state index in [1.54, 1.807) is 17.0 Å². The van der Waals surface area contributed by atoms with Crippen molar-refractivity contribution in [2.45, 2.75) is 25.4 Å². The average Bonchev–Trinajstić information content (AvgIpc) is 3.46. The standard InChI is InChI=1S/C20H18N4O4S2/c21-18(26)17-13-3-1-10-7-23-30-16(10)15(13)20(29-17)28-12-2-4-14(22-8-12)19(27)24-6-5-11(25)9-24/h2,4,7-8,11,25H,1,3,5-6,9H2,(H2,21,26)/t11-/m0/s1. The highest BCUT2D eigenvalue weighted by Crippen LogP contribution is 2.49. The van der Waals surface area contributed by atoms with Crippen LogP contribution in [0, 0.1) is 0 Å². The quantitative estimate of drug-likeness (QED) is 0.641. The molecule has 0 aromatic carbocycles. The van der Waals surface area contributed by atoms with Gasteiger partial charge < -0.3 is 20.5 Å². The van der Waals surface area contributed by atoms with Crippen LogP contribution < -0.4 is 10.5 Å². The summed E-state index contributed by atoms with van der Waals surface area (Å²) < 4.78 is 10.4. The largest absolute Gasteiger partial charge is 0.444 e. The Bertz CT molecular complexity index is 1140.